The minimum absolute atomic E-state index is 0. The van der Waals surface area contributed by atoms with Gasteiger partial charge in [0.05, 0.1) is 13.0 Å². The third kappa shape index (κ3) is 6.11. The molecule has 28 heavy (non-hydrogen) atoms. The molecule has 1 unspecified atom stereocenters. The summed E-state index contributed by atoms with van der Waals surface area (Å²) in [6.45, 7) is 4.61. The molecule has 7 heteroatoms. The third-order valence-corrected chi connectivity index (χ3v) is 5.59. The van der Waals surface area contributed by atoms with E-state index in [0.29, 0.717) is 19.5 Å². The zero-order valence-corrected chi connectivity index (χ0v) is 17.5. The second-order valence-corrected chi connectivity index (χ2v) is 7.45. The molecule has 2 heterocycles. The molecule has 2 saturated heterocycles. The molecule has 1 atom stereocenters. The lowest BCUT2D eigenvalue weighted by Gasteiger charge is -2.29. The number of benzene rings is 1. The number of aryl methyl sites for hydroxylation is 1. The largest absolute Gasteiger partial charge is 0.497 e. The smallest absolute Gasteiger partial charge is 0.227 e. The van der Waals surface area contributed by atoms with Crippen LogP contribution in [0.1, 0.15) is 31.2 Å². The number of nitrogens with zero attached hydrogens (tertiary/aromatic N) is 2. The third-order valence-electron chi connectivity index (χ3n) is 5.59. The van der Waals surface area contributed by atoms with Crippen LogP contribution in [-0.2, 0) is 16.0 Å². The Morgan fingerprint density at radius 3 is 2.46 bits per heavy atom. The van der Waals surface area contributed by atoms with Gasteiger partial charge in [0.2, 0.25) is 11.8 Å². The molecule has 2 aliphatic rings. The van der Waals surface area contributed by atoms with E-state index in [-0.39, 0.29) is 30.1 Å². The van der Waals surface area contributed by atoms with Crippen LogP contribution >= 0.6 is 12.4 Å². The summed E-state index contributed by atoms with van der Waals surface area (Å²) in [7, 11) is 1.65. The highest BCUT2D eigenvalue weighted by molar-refractivity contribution is 5.85. The van der Waals surface area contributed by atoms with Gasteiger partial charge in [-0.1, -0.05) is 12.1 Å². The Morgan fingerprint density at radius 1 is 1.07 bits per heavy atom. The SMILES string of the molecule is COc1ccc(CCC(=O)N2CCCN(C(=O)C3CCCNC3)CC2)cc1.Cl. The quantitative estimate of drug-likeness (QED) is 0.809. The first-order valence-electron chi connectivity index (χ1n) is 10.1. The number of piperidine rings is 1. The van der Waals surface area contributed by atoms with Crippen molar-refractivity contribution < 1.29 is 14.3 Å². The zero-order chi connectivity index (χ0) is 19.1. The van der Waals surface area contributed by atoms with Crippen molar-refractivity contribution in [2.75, 3.05) is 46.4 Å². The first kappa shape index (κ1) is 22.5. The highest BCUT2D eigenvalue weighted by Crippen LogP contribution is 2.16. The molecule has 6 nitrogen and oxygen atoms in total. The maximum atomic E-state index is 12.7. The van der Waals surface area contributed by atoms with Gasteiger partial charge in [-0.2, -0.15) is 0 Å². The monoisotopic (exact) mass is 409 g/mol. The molecule has 2 amide bonds. The molecule has 0 aliphatic carbocycles. The number of nitrogens with one attached hydrogen (secondary N) is 1. The van der Waals surface area contributed by atoms with Crippen molar-refractivity contribution in [1.82, 2.24) is 15.1 Å². The highest BCUT2D eigenvalue weighted by atomic mass is 35.5. The van der Waals surface area contributed by atoms with Gasteiger partial charge in [-0.3, -0.25) is 9.59 Å². The lowest BCUT2D eigenvalue weighted by Crippen LogP contribution is -2.44. The molecule has 0 saturated carbocycles. The zero-order valence-electron chi connectivity index (χ0n) is 16.7. The van der Waals surface area contributed by atoms with Gasteiger partial charge in [0, 0.05) is 39.1 Å². The van der Waals surface area contributed by atoms with Crippen molar-refractivity contribution in [1.29, 1.82) is 0 Å². The van der Waals surface area contributed by atoms with Gasteiger partial charge >= 0.3 is 0 Å². The minimum Gasteiger partial charge on any atom is -0.497 e. The molecule has 2 fully saturated rings. The summed E-state index contributed by atoms with van der Waals surface area (Å²) in [5, 5.41) is 3.32. The summed E-state index contributed by atoms with van der Waals surface area (Å²) in [5.41, 5.74) is 1.14. The van der Waals surface area contributed by atoms with Crippen molar-refractivity contribution in [2.24, 2.45) is 5.92 Å². The Kier molecular flexibility index (Phi) is 9.06. The van der Waals surface area contributed by atoms with E-state index in [4.69, 9.17) is 4.74 Å². The van der Waals surface area contributed by atoms with E-state index in [9.17, 15) is 9.59 Å². The maximum absolute atomic E-state index is 12.7. The van der Waals surface area contributed by atoms with Crippen LogP contribution in [0.4, 0.5) is 0 Å². The average molecular weight is 410 g/mol. The van der Waals surface area contributed by atoms with E-state index in [2.05, 4.69) is 5.32 Å². The van der Waals surface area contributed by atoms with Gasteiger partial charge in [0.25, 0.3) is 0 Å². The Labute approximate surface area is 174 Å². The normalized spacial score (nSPS) is 20.1. The average Bonchev–Trinajstić information content (AvgIpc) is 2.99. The van der Waals surface area contributed by atoms with E-state index in [1.54, 1.807) is 7.11 Å². The molecular weight excluding hydrogens is 378 g/mol. The molecule has 0 spiro atoms. The van der Waals surface area contributed by atoms with Crippen LogP contribution in [0.15, 0.2) is 24.3 Å². The number of hydrogen-bond acceptors (Lipinski definition) is 4. The predicted octanol–water partition coefficient (Wildman–Crippen LogP) is 2.11. The summed E-state index contributed by atoms with van der Waals surface area (Å²) in [4.78, 5) is 29.2. The second kappa shape index (κ2) is 11.3. The van der Waals surface area contributed by atoms with Crippen molar-refractivity contribution in [3.8, 4) is 5.75 Å². The maximum Gasteiger partial charge on any atom is 0.227 e. The Balaban J connectivity index is 0.00000280. The van der Waals surface area contributed by atoms with E-state index >= 15 is 0 Å². The lowest BCUT2D eigenvalue weighted by molar-refractivity contribution is -0.137. The highest BCUT2D eigenvalue weighted by Gasteiger charge is 2.28. The number of carbonyl (C=O) groups is 2. The molecule has 0 aromatic heterocycles. The molecular formula is C21H32ClN3O3. The number of halogens is 1. The van der Waals surface area contributed by atoms with Crippen LogP contribution in [0.25, 0.3) is 0 Å². The van der Waals surface area contributed by atoms with Gasteiger partial charge < -0.3 is 19.9 Å². The van der Waals surface area contributed by atoms with Crippen LogP contribution in [0, 0.1) is 5.92 Å². The molecule has 1 N–H and O–H groups in total. The Bertz CT molecular complexity index is 632. The number of rotatable bonds is 5. The molecule has 2 aliphatic heterocycles. The van der Waals surface area contributed by atoms with Crippen LogP contribution in [0.2, 0.25) is 0 Å². The molecule has 3 rings (SSSR count). The molecule has 1 aromatic rings. The molecule has 1 aromatic carbocycles. The molecule has 156 valence electrons. The topological polar surface area (TPSA) is 61.9 Å². The number of ether oxygens (including phenoxy) is 1. The van der Waals surface area contributed by atoms with Crippen LogP contribution in [-0.4, -0.2) is 68.0 Å². The van der Waals surface area contributed by atoms with Gasteiger partial charge in [0.15, 0.2) is 0 Å². The summed E-state index contributed by atoms with van der Waals surface area (Å²) in [6.07, 6.45) is 4.15. The first-order valence-corrected chi connectivity index (χ1v) is 10.1. The summed E-state index contributed by atoms with van der Waals surface area (Å²) >= 11 is 0. The lowest BCUT2D eigenvalue weighted by atomic mass is 9.98. The van der Waals surface area contributed by atoms with Crippen molar-refractivity contribution in [3.63, 3.8) is 0 Å². The van der Waals surface area contributed by atoms with E-state index < -0.39 is 0 Å². The number of amides is 2. The van der Waals surface area contributed by atoms with Crippen LogP contribution < -0.4 is 10.1 Å². The molecule has 0 bridgehead atoms. The predicted molar refractivity (Wildman–Crippen MR) is 112 cm³/mol. The van der Waals surface area contributed by atoms with Gasteiger partial charge in [-0.25, -0.2) is 0 Å². The Morgan fingerprint density at radius 2 is 1.79 bits per heavy atom. The second-order valence-electron chi connectivity index (χ2n) is 7.45. The fourth-order valence-corrected chi connectivity index (χ4v) is 3.91. The van der Waals surface area contributed by atoms with Crippen LogP contribution in [0.3, 0.4) is 0 Å². The number of methoxy groups -OCH3 is 1. The van der Waals surface area contributed by atoms with Gasteiger partial charge in [0.1, 0.15) is 5.75 Å². The van der Waals surface area contributed by atoms with E-state index in [0.717, 1.165) is 63.2 Å². The first-order chi connectivity index (χ1) is 13.2. The van der Waals surface area contributed by atoms with Crippen molar-refractivity contribution in [3.05, 3.63) is 29.8 Å². The fourth-order valence-electron chi connectivity index (χ4n) is 3.91. The minimum atomic E-state index is 0. The van der Waals surface area contributed by atoms with Crippen LogP contribution in [0.5, 0.6) is 5.75 Å². The summed E-state index contributed by atoms with van der Waals surface area (Å²) in [5.74, 6) is 1.38. The number of carbonyl (C=O) groups excluding carboxylic acids is 2. The number of hydrogen-bond donors (Lipinski definition) is 1. The van der Waals surface area contributed by atoms with Gasteiger partial charge in [-0.15, -0.1) is 12.4 Å². The molecule has 0 radical (unpaired) electrons. The van der Waals surface area contributed by atoms with Crippen molar-refractivity contribution in [2.45, 2.75) is 32.1 Å². The Hall–Kier alpha value is -1.79. The van der Waals surface area contributed by atoms with E-state index in [1.807, 2.05) is 34.1 Å². The van der Waals surface area contributed by atoms with E-state index in [1.165, 1.54) is 0 Å². The standard InChI is InChI=1S/C21H31N3O3.ClH/c1-27-19-8-5-17(6-9-19)7-10-20(25)23-12-3-13-24(15-14-23)21(26)18-4-2-11-22-16-18;/h5-6,8-9,18,22H,2-4,7,10-16H2,1H3;1H. The van der Waals surface area contributed by atoms with Crippen molar-refractivity contribution >= 4 is 24.2 Å². The summed E-state index contributed by atoms with van der Waals surface area (Å²) < 4.78 is 5.17. The fraction of sp³-hybridized carbons (Fsp3) is 0.619. The van der Waals surface area contributed by atoms with Gasteiger partial charge in [-0.05, 0) is 49.9 Å². The summed E-state index contributed by atoms with van der Waals surface area (Å²) in [6, 6.07) is 7.87.